The summed E-state index contributed by atoms with van der Waals surface area (Å²) in [5.74, 6) is 0.146. The molecule has 2 rings (SSSR count). The van der Waals surface area contributed by atoms with Gasteiger partial charge in [0.25, 0.3) is 0 Å². The van der Waals surface area contributed by atoms with E-state index in [1.165, 1.54) is 0 Å². The Bertz CT molecular complexity index is 519. The van der Waals surface area contributed by atoms with E-state index in [0.29, 0.717) is 6.42 Å². The first-order chi connectivity index (χ1) is 7.70. The van der Waals surface area contributed by atoms with Crippen molar-refractivity contribution in [2.24, 2.45) is 0 Å². The van der Waals surface area contributed by atoms with Crippen molar-refractivity contribution in [1.29, 1.82) is 0 Å². The summed E-state index contributed by atoms with van der Waals surface area (Å²) < 4.78 is 2.65. The second-order valence-corrected chi connectivity index (χ2v) is 4.35. The minimum Gasteiger partial charge on any atom is -0.294 e. The van der Waals surface area contributed by atoms with Crippen molar-refractivity contribution in [3.63, 3.8) is 0 Å². The van der Waals surface area contributed by atoms with Crippen molar-refractivity contribution in [3.8, 4) is 5.69 Å². The first-order valence-corrected chi connectivity index (χ1v) is 5.84. The molecule has 1 aromatic heterocycles. The summed E-state index contributed by atoms with van der Waals surface area (Å²) in [7, 11) is 0. The number of carbonyl (C=O) groups is 1. The van der Waals surface area contributed by atoms with Gasteiger partial charge in [0.2, 0.25) is 0 Å². The van der Waals surface area contributed by atoms with Crippen LogP contribution >= 0.6 is 15.9 Å². The largest absolute Gasteiger partial charge is 0.294 e. The molecule has 0 fully saturated rings. The Labute approximate surface area is 102 Å². The molecule has 4 heteroatoms. The Morgan fingerprint density at radius 2 is 2.31 bits per heavy atom. The Kier molecular flexibility index (Phi) is 3.19. The highest BCUT2D eigenvalue weighted by Crippen LogP contribution is 2.14. The van der Waals surface area contributed by atoms with Crippen LogP contribution in [0.4, 0.5) is 0 Å². The first-order valence-electron chi connectivity index (χ1n) is 5.04. The average Bonchev–Trinajstić information content (AvgIpc) is 2.75. The molecule has 1 aromatic carbocycles. The highest BCUT2D eigenvalue weighted by atomic mass is 79.9. The van der Waals surface area contributed by atoms with E-state index in [1.54, 1.807) is 10.9 Å². The summed E-state index contributed by atoms with van der Waals surface area (Å²) in [6.07, 6.45) is 4.09. The van der Waals surface area contributed by atoms with Gasteiger partial charge in [-0.3, -0.25) is 4.79 Å². The fourth-order valence-electron chi connectivity index (χ4n) is 1.47. The van der Waals surface area contributed by atoms with E-state index in [4.69, 9.17) is 0 Å². The summed E-state index contributed by atoms with van der Waals surface area (Å²) in [5.41, 5.74) is 1.62. The van der Waals surface area contributed by atoms with E-state index in [0.717, 1.165) is 15.7 Å². The number of hydrogen-bond donors (Lipinski definition) is 0. The number of carbonyl (C=O) groups excluding carboxylic acids is 1. The number of ketones is 1. The summed E-state index contributed by atoms with van der Waals surface area (Å²) in [6, 6.07) is 7.47. The Morgan fingerprint density at radius 1 is 1.50 bits per heavy atom. The molecule has 0 saturated carbocycles. The van der Waals surface area contributed by atoms with E-state index in [2.05, 4.69) is 21.0 Å². The van der Waals surface area contributed by atoms with Gasteiger partial charge < -0.3 is 0 Å². The summed E-state index contributed by atoms with van der Waals surface area (Å²) in [6.45, 7) is 1.86. The zero-order valence-electron chi connectivity index (χ0n) is 8.85. The molecule has 0 radical (unpaired) electrons. The molecule has 0 bridgehead atoms. The first kappa shape index (κ1) is 11.1. The molecule has 0 aliphatic rings. The van der Waals surface area contributed by atoms with Crippen molar-refractivity contribution < 1.29 is 4.79 Å². The Hall–Kier alpha value is -1.42. The van der Waals surface area contributed by atoms with Gasteiger partial charge in [-0.25, -0.2) is 4.68 Å². The lowest BCUT2D eigenvalue weighted by molar-refractivity contribution is 0.0988. The Balaban J connectivity index is 2.39. The molecule has 0 aliphatic heterocycles. The highest BCUT2D eigenvalue weighted by Gasteiger charge is 2.05. The number of benzene rings is 1. The summed E-state index contributed by atoms with van der Waals surface area (Å²) in [4.78, 5) is 11.6. The molecule has 0 saturated heterocycles. The predicted octanol–water partition coefficient (Wildman–Crippen LogP) is 3.23. The van der Waals surface area contributed by atoms with Crippen LogP contribution in [0.5, 0.6) is 0 Å². The molecule has 0 aliphatic carbocycles. The maximum absolute atomic E-state index is 11.6. The molecule has 1 heterocycles. The van der Waals surface area contributed by atoms with E-state index >= 15 is 0 Å². The van der Waals surface area contributed by atoms with Crippen LogP contribution in [0.15, 0.2) is 41.1 Å². The third-order valence-electron chi connectivity index (χ3n) is 2.30. The lowest BCUT2D eigenvalue weighted by Gasteiger charge is -2.03. The minimum absolute atomic E-state index is 0.146. The van der Waals surface area contributed by atoms with Crippen LogP contribution in [-0.4, -0.2) is 15.6 Å². The standard InChI is InChI=1S/C12H11BrN2O/c1-2-12(16)9-4-3-5-11(6-9)15-8-10(13)7-14-15/h3-8H,2H2,1H3. The number of nitrogens with zero attached hydrogens (tertiary/aromatic N) is 2. The van der Waals surface area contributed by atoms with E-state index < -0.39 is 0 Å². The van der Waals surface area contributed by atoms with Crippen molar-refractivity contribution in [1.82, 2.24) is 9.78 Å². The maximum atomic E-state index is 11.6. The molecule has 0 atom stereocenters. The summed E-state index contributed by atoms with van der Waals surface area (Å²) >= 11 is 3.34. The van der Waals surface area contributed by atoms with Crippen LogP contribution in [0.3, 0.4) is 0 Å². The molecule has 0 amide bonds. The van der Waals surface area contributed by atoms with Crippen LogP contribution < -0.4 is 0 Å². The maximum Gasteiger partial charge on any atom is 0.162 e. The van der Waals surface area contributed by atoms with Crippen molar-refractivity contribution >= 4 is 21.7 Å². The van der Waals surface area contributed by atoms with Crippen LogP contribution in [0.1, 0.15) is 23.7 Å². The smallest absolute Gasteiger partial charge is 0.162 e. The zero-order chi connectivity index (χ0) is 11.5. The number of Topliss-reactive ketones (excluding diaryl/α,β-unsaturated/α-hetero) is 1. The Morgan fingerprint density at radius 3 is 2.94 bits per heavy atom. The van der Waals surface area contributed by atoms with Gasteiger partial charge in [-0.1, -0.05) is 19.1 Å². The fraction of sp³-hybridized carbons (Fsp3) is 0.167. The van der Waals surface area contributed by atoms with Crippen molar-refractivity contribution in [2.75, 3.05) is 0 Å². The van der Waals surface area contributed by atoms with E-state index in [9.17, 15) is 4.79 Å². The second kappa shape index (κ2) is 4.61. The molecule has 0 spiro atoms. The van der Waals surface area contributed by atoms with Crippen LogP contribution in [0.25, 0.3) is 5.69 Å². The molecule has 16 heavy (non-hydrogen) atoms. The van der Waals surface area contributed by atoms with Crippen molar-refractivity contribution in [3.05, 3.63) is 46.7 Å². The molecule has 0 N–H and O–H groups in total. The fourth-order valence-corrected chi connectivity index (χ4v) is 1.75. The number of rotatable bonds is 3. The third kappa shape index (κ3) is 2.22. The third-order valence-corrected chi connectivity index (χ3v) is 2.71. The van der Waals surface area contributed by atoms with Gasteiger partial charge in [0.1, 0.15) is 0 Å². The molecule has 2 aromatic rings. The molecular formula is C12H11BrN2O. The molecular weight excluding hydrogens is 268 g/mol. The van der Waals surface area contributed by atoms with Crippen LogP contribution in [0.2, 0.25) is 0 Å². The van der Waals surface area contributed by atoms with Gasteiger partial charge >= 0.3 is 0 Å². The van der Waals surface area contributed by atoms with Gasteiger partial charge in [-0.2, -0.15) is 5.10 Å². The SMILES string of the molecule is CCC(=O)c1cccc(-n2cc(Br)cn2)c1. The quantitative estimate of drug-likeness (QED) is 0.808. The van der Waals surface area contributed by atoms with E-state index in [-0.39, 0.29) is 5.78 Å². The topological polar surface area (TPSA) is 34.9 Å². The zero-order valence-corrected chi connectivity index (χ0v) is 10.4. The van der Waals surface area contributed by atoms with Gasteiger partial charge in [0.05, 0.1) is 16.4 Å². The molecule has 3 nitrogen and oxygen atoms in total. The van der Waals surface area contributed by atoms with Crippen LogP contribution in [-0.2, 0) is 0 Å². The summed E-state index contributed by atoms with van der Waals surface area (Å²) in [5, 5.41) is 4.17. The van der Waals surface area contributed by atoms with E-state index in [1.807, 2.05) is 37.4 Å². The number of hydrogen-bond acceptors (Lipinski definition) is 2. The van der Waals surface area contributed by atoms with Gasteiger partial charge in [-0.15, -0.1) is 0 Å². The normalized spacial score (nSPS) is 10.4. The lowest BCUT2D eigenvalue weighted by atomic mass is 10.1. The monoisotopic (exact) mass is 278 g/mol. The average molecular weight is 279 g/mol. The number of halogens is 1. The number of aromatic nitrogens is 2. The lowest BCUT2D eigenvalue weighted by Crippen LogP contribution is -2.00. The van der Waals surface area contributed by atoms with Gasteiger partial charge in [0.15, 0.2) is 5.78 Å². The molecule has 82 valence electrons. The van der Waals surface area contributed by atoms with Crippen molar-refractivity contribution in [2.45, 2.75) is 13.3 Å². The highest BCUT2D eigenvalue weighted by molar-refractivity contribution is 9.10. The predicted molar refractivity (Wildman–Crippen MR) is 65.9 cm³/mol. The molecule has 0 unspecified atom stereocenters. The second-order valence-electron chi connectivity index (χ2n) is 3.43. The minimum atomic E-state index is 0.146. The van der Waals surface area contributed by atoms with Crippen LogP contribution in [0, 0.1) is 0 Å². The van der Waals surface area contributed by atoms with Gasteiger partial charge in [0, 0.05) is 18.2 Å². The van der Waals surface area contributed by atoms with Gasteiger partial charge in [-0.05, 0) is 28.1 Å².